The Bertz CT molecular complexity index is 159. The van der Waals surface area contributed by atoms with E-state index in [2.05, 4.69) is 26.1 Å². The second-order valence-corrected chi connectivity index (χ2v) is 5.48. The molecule has 0 spiro atoms. The van der Waals surface area contributed by atoms with Crippen LogP contribution in [0.25, 0.3) is 0 Å². The van der Waals surface area contributed by atoms with Gasteiger partial charge in [-0.25, -0.2) is 0 Å². The summed E-state index contributed by atoms with van der Waals surface area (Å²) in [5, 5.41) is 13.6. The van der Waals surface area contributed by atoms with E-state index in [1.54, 1.807) is 16.3 Å². The Balaban J connectivity index is 2.67. The summed E-state index contributed by atoms with van der Waals surface area (Å²) < 4.78 is -0.532. The molecule has 0 aliphatic carbocycles. The molecule has 12 heavy (non-hydrogen) atoms. The van der Waals surface area contributed by atoms with Crippen molar-refractivity contribution in [3.05, 3.63) is 0 Å². The van der Waals surface area contributed by atoms with E-state index < -0.39 is 4.46 Å². The molecule has 0 amide bonds. The molecule has 2 N–H and O–H groups in total. The summed E-state index contributed by atoms with van der Waals surface area (Å²) in [6, 6.07) is 0.288. The van der Waals surface area contributed by atoms with Crippen LogP contribution in [0.3, 0.4) is 0 Å². The number of aliphatic hydroxyl groups is 1. The van der Waals surface area contributed by atoms with Gasteiger partial charge in [0.25, 0.3) is 0 Å². The summed E-state index contributed by atoms with van der Waals surface area (Å²) in [7, 11) is 0. The first-order valence-electron chi connectivity index (χ1n) is 4.77. The second kappa shape index (κ2) is 3.67. The predicted octanol–water partition coefficient (Wildman–Crippen LogP) is 0.230. The molecule has 1 saturated heterocycles. The van der Waals surface area contributed by atoms with Crippen LogP contribution < -0.4 is 5.32 Å². The fourth-order valence-electron chi connectivity index (χ4n) is 1.86. The molecule has 68 valence electrons. The molecular formula is C9H19AlNO+. The van der Waals surface area contributed by atoms with E-state index in [1.165, 1.54) is 6.42 Å². The van der Waals surface area contributed by atoms with E-state index in [9.17, 15) is 5.11 Å². The summed E-state index contributed by atoms with van der Waals surface area (Å²) in [5.74, 6) is 0.934. The van der Waals surface area contributed by atoms with Crippen molar-refractivity contribution in [3.8, 4) is 0 Å². The number of nitrogens with one attached hydrogen (secondary N) is 1. The predicted molar refractivity (Wildman–Crippen MR) is 52.5 cm³/mol. The van der Waals surface area contributed by atoms with Crippen LogP contribution >= 0.6 is 0 Å². The molecular weight excluding hydrogens is 165 g/mol. The molecule has 1 fully saturated rings. The van der Waals surface area contributed by atoms with E-state index in [0.717, 1.165) is 6.54 Å². The molecule has 0 bridgehead atoms. The van der Waals surface area contributed by atoms with E-state index >= 15 is 0 Å². The Morgan fingerprint density at radius 1 is 1.58 bits per heavy atom. The van der Waals surface area contributed by atoms with Gasteiger partial charge in [-0.1, -0.05) is 0 Å². The van der Waals surface area contributed by atoms with Crippen LogP contribution in [-0.4, -0.2) is 38.4 Å². The van der Waals surface area contributed by atoms with Crippen molar-refractivity contribution in [1.29, 1.82) is 0 Å². The average Bonchev–Trinajstić information content (AvgIpc) is 2.35. The van der Waals surface area contributed by atoms with Gasteiger partial charge in [0.15, 0.2) is 0 Å². The first-order chi connectivity index (χ1) is 5.46. The third-order valence-electron chi connectivity index (χ3n) is 3.07. The Labute approximate surface area is 83.2 Å². The van der Waals surface area contributed by atoms with Crippen LogP contribution in [0.5, 0.6) is 0 Å². The van der Waals surface area contributed by atoms with Gasteiger partial charge in [-0.15, -0.1) is 0 Å². The van der Waals surface area contributed by atoms with Crippen molar-refractivity contribution in [2.45, 2.75) is 37.7 Å². The van der Waals surface area contributed by atoms with Gasteiger partial charge in [-0.3, -0.25) is 0 Å². The van der Waals surface area contributed by atoms with E-state index in [1.807, 2.05) is 0 Å². The summed E-state index contributed by atoms with van der Waals surface area (Å²) in [4.78, 5) is 0. The molecule has 0 aromatic heterocycles. The van der Waals surface area contributed by atoms with Crippen LogP contribution in [0.4, 0.5) is 0 Å². The standard InChI is InChI=1S/C9H18NO.Al.H/c1-6(2)9(11)8-7(3)4-5-10-8;;/h6-8,10-11H,4-5H2,1-3H3;;/q;+1;/t7-,8?;;/m0../s1. The van der Waals surface area contributed by atoms with E-state index in [-0.39, 0.29) is 6.04 Å². The van der Waals surface area contributed by atoms with Gasteiger partial charge in [0.2, 0.25) is 0 Å². The third kappa shape index (κ3) is 1.85. The van der Waals surface area contributed by atoms with Crippen LogP contribution in [0.2, 0.25) is 0 Å². The fraction of sp³-hybridized carbons (Fsp3) is 1.00. The molecule has 1 rings (SSSR count). The molecule has 1 heterocycles. The molecule has 3 atom stereocenters. The summed E-state index contributed by atoms with van der Waals surface area (Å²) in [5.41, 5.74) is 0. The van der Waals surface area contributed by atoms with E-state index in [4.69, 9.17) is 0 Å². The van der Waals surface area contributed by atoms with Gasteiger partial charge in [-0.05, 0) is 0 Å². The van der Waals surface area contributed by atoms with Gasteiger partial charge in [0, 0.05) is 0 Å². The SMILES string of the molecule is CC(C)[C](O)([AlH+])C1NCC[C@@H]1C. The van der Waals surface area contributed by atoms with Crippen molar-refractivity contribution in [1.82, 2.24) is 5.32 Å². The quantitative estimate of drug-likeness (QED) is 0.602. The summed E-state index contributed by atoms with van der Waals surface area (Å²) in [6.07, 6.45) is 1.19. The molecule has 0 aromatic carbocycles. The first-order valence-corrected chi connectivity index (χ1v) is 5.48. The second-order valence-electron chi connectivity index (χ2n) is 4.34. The topological polar surface area (TPSA) is 32.3 Å². The molecule has 1 aliphatic rings. The van der Waals surface area contributed by atoms with Gasteiger partial charge in [0.1, 0.15) is 0 Å². The minimum absolute atomic E-state index is 0.288. The van der Waals surface area contributed by atoms with Crippen LogP contribution in [-0.2, 0) is 0 Å². The number of rotatable bonds is 2. The maximum atomic E-state index is 10.2. The molecule has 2 nitrogen and oxygen atoms in total. The van der Waals surface area contributed by atoms with Crippen molar-refractivity contribution < 1.29 is 5.11 Å². The van der Waals surface area contributed by atoms with Crippen LogP contribution in [0.15, 0.2) is 0 Å². The Morgan fingerprint density at radius 3 is 2.50 bits per heavy atom. The molecule has 0 aromatic rings. The van der Waals surface area contributed by atoms with Crippen LogP contribution in [0.1, 0.15) is 27.2 Å². The Morgan fingerprint density at radius 2 is 2.17 bits per heavy atom. The zero-order chi connectivity index (χ0) is 9.35. The minimum atomic E-state index is -0.532. The van der Waals surface area contributed by atoms with Gasteiger partial charge in [0.05, 0.1) is 0 Å². The molecule has 1 aliphatic heterocycles. The van der Waals surface area contributed by atoms with Crippen molar-refractivity contribution in [2.24, 2.45) is 11.8 Å². The zero-order valence-electron chi connectivity index (χ0n) is 8.30. The summed E-state index contributed by atoms with van der Waals surface area (Å²) in [6.45, 7) is 7.44. The normalized spacial score (nSPS) is 35.3. The zero-order valence-corrected chi connectivity index (χ0v) is 9.71. The van der Waals surface area contributed by atoms with Crippen molar-refractivity contribution in [2.75, 3.05) is 6.54 Å². The molecule has 3 heteroatoms. The number of hydrogen-bond donors (Lipinski definition) is 2. The first kappa shape index (κ1) is 10.5. The third-order valence-corrected chi connectivity index (χ3v) is 4.33. The Kier molecular flexibility index (Phi) is 3.23. The van der Waals surface area contributed by atoms with Gasteiger partial charge < -0.3 is 0 Å². The fourth-order valence-corrected chi connectivity index (χ4v) is 2.41. The number of hydrogen-bond acceptors (Lipinski definition) is 2. The van der Waals surface area contributed by atoms with Crippen molar-refractivity contribution >= 4 is 16.3 Å². The van der Waals surface area contributed by atoms with Crippen molar-refractivity contribution in [3.63, 3.8) is 0 Å². The Hall–Kier alpha value is 0.452. The maximum absolute atomic E-state index is 10.2. The molecule has 0 radical (unpaired) electrons. The molecule has 2 unspecified atom stereocenters. The average molecular weight is 184 g/mol. The monoisotopic (exact) mass is 184 g/mol. The van der Waals surface area contributed by atoms with E-state index in [0.29, 0.717) is 11.8 Å². The van der Waals surface area contributed by atoms with Gasteiger partial charge in [-0.2, -0.15) is 0 Å². The summed E-state index contributed by atoms with van der Waals surface area (Å²) >= 11 is 1.72. The molecule has 0 saturated carbocycles. The van der Waals surface area contributed by atoms with Gasteiger partial charge >= 0.3 is 82.8 Å². The van der Waals surface area contributed by atoms with Crippen LogP contribution in [0, 0.1) is 11.8 Å².